The molecule has 118 valence electrons. The highest BCUT2D eigenvalue weighted by Crippen LogP contribution is 2.63. The first-order chi connectivity index (χ1) is 10.4. The summed E-state index contributed by atoms with van der Waals surface area (Å²) in [5.41, 5.74) is 0.660. The summed E-state index contributed by atoms with van der Waals surface area (Å²) < 4.78 is 0. The number of fused-ring (bicyclic) bond motifs is 5. The molecule has 3 unspecified atom stereocenters. The molecule has 0 spiro atoms. The first kappa shape index (κ1) is 14.3. The van der Waals surface area contributed by atoms with Crippen LogP contribution >= 0.6 is 0 Å². The predicted octanol–water partition coefficient (Wildman–Crippen LogP) is 3.27. The van der Waals surface area contributed by atoms with Crippen molar-refractivity contribution in [3.05, 3.63) is 11.6 Å². The molecule has 0 aromatic heterocycles. The van der Waals surface area contributed by atoms with Crippen molar-refractivity contribution in [1.29, 1.82) is 0 Å². The largest absolute Gasteiger partial charge is 0.299 e. The lowest BCUT2D eigenvalue weighted by Gasteiger charge is -2.55. The molecule has 0 N–H and O–H groups in total. The topological polar surface area (TPSA) is 51.2 Å². The molecule has 0 aliphatic heterocycles. The van der Waals surface area contributed by atoms with Gasteiger partial charge in [0.1, 0.15) is 11.6 Å². The standard InChI is InChI=1S/C19H24O3/c1-18-8-7-12(20)9-11(18)3-4-13-14-5-6-16(22)19(14,2)10-15(21)17(13)18/h9,13-14,17H,3-8,10H2,1-2H3/t13?,14?,17?,18-,19-/m0/s1. The Kier molecular flexibility index (Phi) is 2.87. The minimum atomic E-state index is -0.402. The molecule has 0 aromatic rings. The molecular weight excluding hydrogens is 276 g/mol. The molecule has 0 saturated heterocycles. The minimum Gasteiger partial charge on any atom is -0.299 e. The van der Waals surface area contributed by atoms with Crippen molar-refractivity contribution in [3.8, 4) is 0 Å². The van der Waals surface area contributed by atoms with E-state index in [1.807, 2.05) is 13.0 Å². The summed E-state index contributed by atoms with van der Waals surface area (Å²) in [6, 6.07) is 0. The minimum absolute atomic E-state index is 0.0320. The summed E-state index contributed by atoms with van der Waals surface area (Å²) in [6.07, 6.45) is 7.12. The van der Waals surface area contributed by atoms with Crippen LogP contribution in [0.25, 0.3) is 0 Å². The van der Waals surface area contributed by atoms with E-state index >= 15 is 0 Å². The fraction of sp³-hybridized carbons (Fsp3) is 0.737. The smallest absolute Gasteiger partial charge is 0.155 e. The molecular formula is C19H24O3. The Morgan fingerprint density at radius 2 is 1.77 bits per heavy atom. The van der Waals surface area contributed by atoms with E-state index < -0.39 is 5.41 Å². The van der Waals surface area contributed by atoms with E-state index in [1.54, 1.807) is 0 Å². The van der Waals surface area contributed by atoms with Crippen molar-refractivity contribution in [3.63, 3.8) is 0 Å². The van der Waals surface area contributed by atoms with E-state index in [0.29, 0.717) is 36.9 Å². The Labute approximate surface area is 131 Å². The molecule has 3 saturated carbocycles. The number of hydrogen-bond acceptors (Lipinski definition) is 3. The molecule has 3 nitrogen and oxygen atoms in total. The van der Waals surface area contributed by atoms with Crippen LogP contribution in [0, 0.1) is 28.6 Å². The van der Waals surface area contributed by atoms with E-state index in [0.717, 1.165) is 25.7 Å². The van der Waals surface area contributed by atoms with Crippen LogP contribution in [0.1, 0.15) is 58.8 Å². The third-order valence-electron chi connectivity index (χ3n) is 7.36. The zero-order valence-electron chi connectivity index (χ0n) is 13.5. The van der Waals surface area contributed by atoms with Gasteiger partial charge in [0.15, 0.2) is 5.78 Å². The maximum absolute atomic E-state index is 13.0. The van der Waals surface area contributed by atoms with E-state index in [4.69, 9.17) is 0 Å². The van der Waals surface area contributed by atoms with Gasteiger partial charge in [0.25, 0.3) is 0 Å². The number of ketones is 3. The number of rotatable bonds is 0. The van der Waals surface area contributed by atoms with Gasteiger partial charge >= 0.3 is 0 Å². The van der Waals surface area contributed by atoms with E-state index in [2.05, 4.69) is 6.92 Å². The molecule has 0 bridgehead atoms. The highest BCUT2D eigenvalue weighted by Gasteiger charge is 2.62. The average Bonchev–Trinajstić information content (AvgIpc) is 2.75. The maximum Gasteiger partial charge on any atom is 0.155 e. The fourth-order valence-electron chi connectivity index (χ4n) is 6.16. The fourth-order valence-corrected chi connectivity index (χ4v) is 6.16. The summed E-state index contributed by atoms with van der Waals surface area (Å²) >= 11 is 0. The molecule has 0 radical (unpaired) electrons. The molecule has 3 fully saturated rings. The van der Waals surface area contributed by atoms with E-state index in [1.165, 1.54) is 5.57 Å². The van der Waals surface area contributed by atoms with Gasteiger partial charge in [-0.05, 0) is 49.0 Å². The van der Waals surface area contributed by atoms with Gasteiger partial charge in [0.2, 0.25) is 0 Å². The van der Waals surface area contributed by atoms with Gasteiger partial charge in [-0.3, -0.25) is 14.4 Å². The van der Waals surface area contributed by atoms with Crippen molar-refractivity contribution in [2.24, 2.45) is 28.6 Å². The first-order valence-electron chi connectivity index (χ1n) is 8.66. The molecule has 4 aliphatic rings. The van der Waals surface area contributed by atoms with Crippen molar-refractivity contribution >= 4 is 17.3 Å². The summed E-state index contributed by atoms with van der Waals surface area (Å²) in [4.78, 5) is 37.1. The van der Waals surface area contributed by atoms with Crippen molar-refractivity contribution in [1.82, 2.24) is 0 Å². The first-order valence-corrected chi connectivity index (χ1v) is 8.66. The second-order valence-corrected chi connectivity index (χ2v) is 8.36. The average molecular weight is 300 g/mol. The summed E-state index contributed by atoms with van der Waals surface area (Å²) in [5, 5.41) is 0. The number of carbonyl (C=O) groups excluding carboxylic acids is 3. The van der Waals surface area contributed by atoms with Crippen LogP contribution in [0.4, 0.5) is 0 Å². The van der Waals surface area contributed by atoms with Crippen LogP contribution in [-0.4, -0.2) is 17.3 Å². The molecule has 0 aromatic carbocycles. The van der Waals surface area contributed by atoms with E-state index in [9.17, 15) is 14.4 Å². The Bertz CT molecular complexity index is 616. The van der Waals surface area contributed by atoms with Gasteiger partial charge in [-0.25, -0.2) is 0 Å². The number of hydrogen-bond donors (Lipinski definition) is 0. The van der Waals surface area contributed by atoms with Crippen molar-refractivity contribution in [2.45, 2.75) is 58.8 Å². The maximum atomic E-state index is 13.0. The van der Waals surface area contributed by atoms with Crippen LogP contribution in [0.15, 0.2) is 11.6 Å². The lowest BCUT2D eigenvalue weighted by Crippen LogP contribution is -2.55. The van der Waals surface area contributed by atoms with Crippen molar-refractivity contribution in [2.75, 3.05) is 0 Å². The number of allylic oxidation sites excluding steroid dienone is 1. The summed E-state index contributed by atoms with van der Waals surface area (Å²) in [5.74, 6) is 1.54. The van der Waals surface area contributed by atoms with Gasteiger partial charge in [-0.1, -0.05) is 19.4 Å². The van der Waals surface area contributed by atoms with Gasteiger partial charge in [0, 0.05) is 30.6 Å². The molecule has 0 heterocycles. The van der Waals surface area contributed by atoms with Gasteiger partial charge < -0.3 is 0 Å². The van der Waals surface area contributed by atoms with E-state index in [-0.39, 0.29) is 22.9 Å². The Balaban J connectivity index is 1.77. The zero-order chi connectivity index (χ0) is 15.7. The monoisotopic (exact) mass is 300 g/mol. The SMILES string of the molecule is C[C@]12CCC(=O)C=C1CCC1C2C(=O)C[C@]2(C)C(=O)CCC12. The van der Waals surface area contributed by atoms with Crippen molar-refractivity contribution < 1.29 is 14.4 Å². The lowest BCUT2D eigenvalue weighted by molar-refractivity contribution is -0.149. The van der Waals surface area contributed by atoms with Crippen LogP contribution in [0.2, 0.25) is 0 Å². The summed E-state index contributed by atoms with van der Waals surface area (Å²) in [6.45, 7) is 4.22. The van der Waals surface area contributed by atoms with Crippen LogP contribution in [-0.2, 0) is 14.4 Å². The lowest BCUT2D eigenvalue weighted by atomic mass is 9.47. The summed E-state index contributed by atoms with van der Waals surface area (Å²) in [7, 11) is 0. The van der Waals surface area contributed by atoms with Crippen LogP contribution < -0.4 is 0 Å². The third kappa shape index (κ3) is 1.65. The Morgan fingerprint density at radius 1 is 1.00 bits per heavy atom. The zero-order valence-corrected chi connectivity index (χ0v) is 13.5. The normalized spacial score (nSPS) is 47.6. The quantitative estimate of drug-likeness (QED) is 0.690. The highest BCUT2D eigenvalue weighted by atomic mass is 16.1. The van der Waals surface area contributed by atoms with Gasteiger partial charge in [-0.2, -0.15) is 0 Å². The molecule has 22 heavy (non-hydrogen) atoms. The second-order valence-electron chi connectivity index (χ2n) is 8.36. The predicted molar refractivity (Wildman–Crippen MR) is 82.1 cm³/mol. The Hall–Kier alpha value is -1.25. The Morgan fingerprint density at radius 3 is 2.55 bits per heavy atom. The van der Waals surface area contributed by atoms with Crippen LogP contribution in [0.5, 0.6) is 0 Å². The number of Topliss-reactive ketones (excluding diaryl/α,β-unsaturated/α-hetero) is 2. The second kappa shape index (κ2) is 4.39. The van der Waals surface area contributed by atoms with Gasteiger partial charge in [0.05, 0.1) is 0 Å². The van der Waals surface area contributed by atoms with Crippen LogP contribution in [0.3, 0.4) is 0 Å². The molecule has 4 aliphatic carbocycles. The molecule has 3 heteroatoms. The van der Waals surface area contributed by atoms with Gasteiger partial charge in [-0.15, -0.1) is 0 Å². The molecule has 5 atom stereocenters. The highest BCUT2D eigenvalue weighted by molar-refractivity contribution is 5.96. The third-order valence-corrected chi connectivity index (χ3v) is 7.36. The molecule has 0 amide bonds. The number of carbonyl (C=O) groups is 3. The molecule has 4 rings (SSSR count).